The number of para-hydroxylation sites is 1. The maximum atomic E-state index is 9.92. The number of aromatic hydroxyl groups is 1. The van der Waals surface area contributed by atoms with Crippen LogP contribution in [0.1, 0.15) is 5.56 Å². The van der Waals surface area contributed by atoms with Crippen LogP contribution in [0.15, 0.2) is 42.5 Å². The lowest BCUT2D eigenvalue weighted by molar-refractivity contribution is 0.479. The summed E-state index contributed by atoms with van der Waals surface area (Å²) in [5.74, 6) is 1.15. The first-order valence-corrected chi connectivity index (χ1v) is 5.89. The topological polar surface area (TPSA) is 38.1 Å². The Bertz CT molecular complexity index is 728. The third-order valence-corrected chi connectivity index (χ3v) is 3.26. The van der Waals surface area contributed by atoms with E-state index in [-0.39, 0.29) is 5.75 Å². The summed E-state index contributed by atoms with van der Waals surface area (Å²) >= 11 is 0. The highest BCUT2D eigenvalue weighted by molar-refractivity contribution is 5.86. The molecule has 1 heterocycles. The van der Waals surface area contributed by atoms with Gasteiger partial charge in [0.05, 0.1) is 5.52 Å². The van der Waals surface area contributed by atoms with Crippen LogP contribution in [0.5, 0.6) is 5.75 Å². The molecule has 3 rings (SSSR count). The van der Waals surface area contributed by atoms with Crippen molar-refractivity contribution in [3.63, 3.8) is 0 Å². The van der Waals surface area contributed by atoms with Gasteiger partial charge in [0.1, 0.15) is 17.1 Å². The molecule has 0 saturated heterocycles. The fraction of sp³-hybridized carbons (Fsp3) is 0.133. The van der Waals surface area contributed by atoms with Gasteiger partial charge in [-0.3, -0.25) is 0 Å². The molecule has 0 fully saturated rings. The summed E-state index contributed by atoms with van der Waals surface area (Å²) in [6, 6.07) is 13.5. The van der Waals surface area contributed by atoms with Gasteiger partial charge >= 0.3 is 0 Å². The molecular formula is C15H14N2O. The van der Waals surface area contributed by atoms with E-state index in [0.717, 1.165) is 22.4 Å². The Labute approximate surface area is 105 Å². The van der Waals surface area contributed by atoms with E-state index in [4.69, 9.17) is 0 Å². The van der Waals surface area contributed by atoms with Crippen LogP contribution in [0.2, 0.25) is 0 Å². The lowest BCUT2D eigenvalue weighted by Gasteiger charge is -2.05. The second-order valence-electron chi connectivity index (χ2n) is 4.45. The van der Waals surface area contributed by atoms with Gasteiger partial charge in [-0.25, -0.2) is 4.98 Å². The minimum Gasteiger partial charge on any atom is -0.506 e. The zero-order chi connectivity index (χ0) is 12.7. The molecular weight excluding hydrogens is 224 g/mol. The molecule has 2 aromatic carbocycles. The van der Waals surface area contributed by atoms with Crippen LogP contribution >= 0.6 is 0 Å². The van der Waals surface area contributed by atoms with Crippen molar-refractivity contribution in [2.45, 2.75) is 6.92 Å². The van der Waals surface area contributed by atoms with Crippen molar-refractivity contribution in [3.8, 4) is 17.1 Å². The molecule has 0 radical (unpaired) electrons. The number of aromatic nitrogens is 2. The molecule has 90 valence electrons. The van der Waals surface area contributed by atoms with Crippen molar-refractivity contribution in [2.24, 2.45) is 7.05 Å². The van der Waals surface area contributed by atoms with Crippen LogP contribution in [0.3, 0.4) is 0 Å². The SMILES string of the molecule is Cc1ccccc1-c1nc2cccc(O)c2n1C. The Kier molecular flexibility index (Phi) is 2.33. The number of nitrogens with zero attached hydrogens (tertiary/aromatic N) is 2. The van der Waals surface area contributed by atoms with Crippen LogP contribution < -0.4 is 0 Å². The molecule has 1 N–H and O–H groups in total. The summed E-state index contributed by atoms with van der Waals surface area (Å²) < 4.78 is 1.94. The fourth-order valence-electron chi connectivity index (χ4n) is 2.31. The zero-order valence-electron chi connectivity index (χ0n) is 10.4. The molecule has 0 aliphatic heterocycles. The molecule has 3 aromatic rings. The van der Waals surface area contributed by atoms with Gasteiger partial charge in [-0.1, -0.05) is 30.3 Å². The molecule has 0 atom stereocenters. The molecule has 3 heteroatoms. The molecule has 0 aliphatic rings. The van der Waals surface area contributed by atoms with E-state index in [1.54, 1.807) is 6.07 Å². The average molecular weight is 238 g/mol. The van der Waals surface area contributed by atoms with Gasteiger partial charge < -0.3 is 9.67 Å². The van der Waals surface area contributed by atoms with Crippen LogP contribution in [0, 0.1) is 6.92 Å². The van der Waals surface area contributed by atoms with E-state index in [0.29, 0.717) is 0 Å². The number of phenols is 1. The first-order valence-electron chi connectivity index (χ1n) is 5.89. The van der Waals surface area contributed by atoms with Crippen molar-refractivity contribution in [3.05, 3.63) is 48.0 Å². The molecule has 3 nitrogen and oxygen atoms in total. The minimum atomic E-state index is 0.266. The number of phenolic OH excluding ortho intramolecular Hbond substituents is 1. The summed E-state index contributed by atoms with van der Waals surface area (Å²) in [5.41, 5.74) is 3.86. The summed E-state index contributed by atoms with van der Waals surface area (Å²) in [4.78, 5) is 4.61. The number of fused-ring (bicyclic) bond motifs is 1. The Morgan fingerprint density at radius 2 is 1.83 bits per heavy atom. The average Bonchev–Trinajstić information content (AvgIpc) is 2.69. The second-order valence-corrected chi connectivity index (χ2v) is 4.45. The van der Waals surface area contributed by atoms with E-state index >= 15 is 0 Å². The molecule has 0 saturated carbocycles. The monoisotopic (exact) mass is 238 g/mol. The number of hydrogen-bond acceptors (Lipinski definition) is 2. The molecule has 0 bridgehead atoms. The number of imidazole rings is 1. The lowest BCUT2D eigenvalue weighted by Crippen LogP contribution is -1.94. The Morgan fingerprint density at radius 3 is 2.56 bits per heavy atom. The highest BCUT2D eigenvalue weighted by Crippen LogP contribution is 2.30. The number of rotatable bonds is 1. The van der Waals surface area contributed by atoms with E-state index < -0.39 is 0 Å². The van der Waals surface area contributed by atoms with Gasteiger partial charge in [-0.15, -0.1) is 0 Å². The van der Waals surface area contributed by atoms with Crippen molar-refractivity contribution in [2.75, 3.05) is 0 Å². The van der Waals surface area contributed by atoms with Crippen molar-refractivity contribution < 1.29 is 5.11 Å². The quantitative estimate of drug-likeness (QED) is 0.706. The van der Waals surface area contributed by atoms with E-state index in [1.807, 2.05) is 41.9 Å². The van der Waals surface area contributed by atoms with E-state index in [9.17, 15) is 5.11 Å². The number of hydrogen-bond donors (Lipinski definition) is 1. The largest absolute Gasteiger partial charge is 0.506 e. The summed E-state index contributed by atoms with van der Waals surface area (Å²) in [7, 11) is 1.93. The van der Waals surface area contributed by atoms with Crippen LogP contribution in [-0.4, -0.2) is 14.7 Å². The molecule has 0 spiro atoms. The zero-order valence-corrected chi connectivity index (χ0v) is 10.4. The van der Waals surface area contributed by atoms with E-state index in [2.05, 4.69) is 18.0 Å². The number of benzene rings is 2. The van der Waals surface area contributed by atoms with Gasteiger partial charge in [0.15, 0.2) is 0 Å². The predicted octanol–water partition coefficient (Wildman–Crippen LogP) is 3.25. The predicted molar refractivity (Wildman–Crippen MR) is 72.6 cm³/mol. The summed E-state index contributed by atoms with van der Waals surface area (Å²) in [5, 5.41) is 9.92. The van der Waals surface area contributed by atoms with Crippen LogP contribution in [-0.2, 0) is 7.05 Å². The Balaban J connectivity index is 2.35. The minimum absolute atomic E-state index is 0.266. The molecule has 0 amide bonds. The number of aryl methyl sites for hydroxylation is 2. The van der Waals surface area contributed by atoms with Crippen molar-refractivity contribution in [1.82, 2.24) is 9.55 Å². The summed E-state index contributed by atoms with van der Waals surface area (Å²) in [6.07, 6.45) is 0. The summed E-state index contributed by atoms with van der Waals surface area (Å²) in [6.45, 7) is 2.06. The first kappa shape index (κ1) is 10.8. The molecule has 18 heavy (non-hydrogen) atoms. The van der Waals surface area contributed by atoms with E-state index in [1.165, 1.54) is 5.56 Å². The Hall–Kier alpha value is -2.29. The van der Waals surface area contributed by atoms with Gasteiger partial charge in [-0.2, -0.15) is 0 Å². The smallest absolute Gasteiger partial charge is 0.141 e. The highest BCUT2D eigenvalue weighted by Gasteiger charge is 2.13. The van der Waals surface area contributed by atoms with Gasteiger partial charge in [0.25, 0.3) is 0 Å². The normalized spacial score (nSPS) is 11.0. The molecule has 0 unspecified atom stereocenters. The second kappa shape index (κ2) is 3.88. The highest BCUT2D eigenvalue weighted by atomic mass is 16.3. The van der Waals surface area contributed by atoms with Gasteiger partial charge in [-0.05, 0) is 24.6 Å². The molecule has 1 aromatic heterocycles. The van der Waals surface area contributed by atoms with Crippen LogP contribution in [0.25, 0.3) is 22.4 Å². The van der Waals surface area contributed by atoms with Crippen molar-refractivity contribution >= 4 is 11.0 Å². The van der Waals surface area contributed by atoms with Gasteiger partial charge in [0.2, 0.25) is 0 Å². The third-order valence-electron chi connectivity index (χ3n) is 3.26. The molecule has 0 aliphatic carbocycles. The van der Waals surface area contributed by atoms with Crippen LogP contribution in [0.4, 0.5) is 0 Å². The van der Waals surface area contributed by atoms with Gasteiger partial charge in [0, 0.05) is 12.6 Å². The fourth-order valence-corrected chi connectivity index (χ4v) is 2.31. The lowest BCUT2D eigenvalue weighted by atomic mass is 10.1. The maximum Gasteiger partial charge on any atom is 0.141 e. The first-order chi connectivity index (χ1) is 8.68. The Morgan fingerprint density at radius 1 is 1.06 bits per heavy atom. The third kappa shape index (κ3) is 1.48. The van der Waals surface area contributed by atoms with Crippen molar-refractivity contribution in [1.29, 1.82) is 0 Å². The maximum absolute atomic E-state index is 9.92. The standard InChI is InChI=1S/C15H14N2O/c1-10-6-3-4-7-11(10)15-16-12-8-5-9-13(18)14(12)17(15)2/h3-9,18H,1-2H3.